The molecule has 1 aromatic carbocycles. The van der Waals surface area contributed by atoms with Crippen LogP contribution in [0.1, 0.15) is 23.5 Å². The van der Waals surface area contributed by atoms with Gasteiger partial charge in [-0.25, -0.2) is 0 Å². The molecule has 0 spiro atoms. The molecule has 3 nitrogen and oxygen atoms in total. The Labute approximate surface area is 114 Å². The number of furan rings is 1. The summed E-state index contributed by atoms with van der Waals surface area (Å²) in [6, 6.07) is 11.9. The maximum Gasteiger partial charge on any atom is 0.185 e. The molecule has 19 heavy (non-hydrogen) atoms. The van der Waals surface area contributed by atoms with Gasteiger partial charge < -0.3 is 13.6 Å². The van der Waals surface area contributed by atoms with E-state index in [2.05, 4.69) is 25.7 Å². The molecule has 2 heterocycles. The number of benzene rings is 1. The van der Waals surface area contributed by atoms with Gasteiger partial charge in [0.1, 0.15) is 17.6 Å². The number of para-hydroxylation sites is 1. The summed E-state index contributed by atoms with van der Waals surface area (Å²) in [5.41, 5.74) is 1.12. The Morgan fingerprint density at radius 3 is 2.53 bits per heavy atom. The van der Waals surface area contributed by atoms with Crippen molar-refractivity contribution in [3.63, 3.8) is 0 Å². The molecule has 0 saturated carbocycles. The molecule has 0 aliphatic carbocycles. The summed E-state index contributed by atoms with van der Waals surface area (Å²) in [4.78, 5) is 0. The minimum Gasteiger partial charge on any atom is -0.479 e. The fraction of sp³-hybridized carbons (Fsp3) is 0.333. The number of fused-ring (bicyclic) bond motifs is 1. The van der Waals surface area contributed by atoms with Gasteiger partial charge in [-0.1, -0.05) is 18.2 Å². The van der Waals surface area contributed by atoms with Gasteiger partial charge in [0, 0.05) is 5.56 Å². The molecule has 0 radical (unpaired) electrons. The van der Waals surface area contributed by atoms with Crippen LogP contribution in [-0.2, 0) is 4.43 Å². The van der Waals surface area contributed by atoms with Crippen LogP contribution in [0.5, 0.6) is 5.75 Å². The zero-order chi connectivity index (χ0) is 13.5. The second kappa shape index (κ2) is 4.54. The molecule has 2 atom stereocenters. The van der Waals surface area contributed by atoms with Crippen molar-refractivity contribution >= 4 is 8.32 Å². The summed E-state index contributed by atoms with van der Waals surface area (Å²) in [6.07, 6.45) is 1.42. The van der Waals surface area contributed by atoms with E-state index in [9.17, 15) is 0 Å². The van der Waals surface area contributed by atoms with E-state index >= 15 is 0 Å². The summed E-state index contributed by atoms with van der Waals surface area (Å²) < 4.78 is 17.8. The standard InChI is InChI=1S/C15H18O3Si/c1-19(2,3)18-14-11-7-4-5-8-12(11)17-15(14)13-9-6-10-16-13/h4-10,14-15H,1-3H3/t14-,15-/m1/s1. The summed E-state index contributed by atoms with van der Waals surface area (Å²) in [6.45, 7) is 6.56. The van der Waals surface area contributed by atoms with E-state index in [1.165, 1.54) is 0 Å². The molecule has 0 saturated heterocycles. The Balaban J connectivity index is 1.98. The van der Waals surface area contributed by atoms with Gasteiger partial charge in [0.25, 0.3) is 0 Å². The van der Waals surface area contributed by atoms with Crippen molar-refractivity contribution < 1.29 is 13.6 Å². The Morgan fingerprint density at radius 2 is 1.84 bits per heavy atom. The lowest BCUT2D eigenvalue weighted by Crippen LogP contribution is -2.29. The highest BCUT2D eigenvalue weighted by Gasteiger charge is 2.40. The number of ether oxygens (including phenoxy) is 1. The minimum absolute atomic E-state index is 0.0750. The third-order valence-corrected chi connectivity index (χ3v) is 4.02. The Morgan fingerprint density at radius 1 is 1.05 bits per heavy atom. The van der Waals surface area contributed by atoms with Gasteiger partial charge in [0.05, 0.1) is 6.26 Å². The van der Waals surface area contributed by atoms with Crippen LogP contribution in [0, 0.1) is 0 Å². The summed E-state index contributed by atoms with van der Waals surface area (Å²) in [5.74, 6) is 1.71. The molecule has 1 aromatic heterocycles. The van der Waals surface area contributed by atoms with Crippen molar-refractivity contribution in [3.8, 4) is 5.75 Å². The SMILES string of the molecule is C[Si](C)(C)O[C@@H]1c2ccccc2O[C@@H]1c1ccco1. The Bertz CT molecular complexity index is 557. The molecular weight excluding hydrogens is 256 g/mol. The molecular formula is C15H18O3Si. The zero-order valence-electron chi connectivity index (χ0n) is 11.4. The Hall–Kier alpha value is -1.52. The lowest BCUT2D eigenvalue weighted by Gasteiger charge is -2.26. The number of hydrogen-bond donors (Lipinski definition) is 0. The monoisotopic (exact) mass is 274 g/mol. The molecule has 3 rings (SSSR count). The van der Waals surface area contributed by atoms with E-state index in [4.69, 9.17) is 13.6 Å². The van der Waals surface area contributed by atoms with Gasteiger partial charge in [0.2, 0.25) is 0 Å². The van der Waals surface area contributed by atoms with Gasteiger partial charge in [-0.05, 0) is 37.8 Å². The van der Waals surface area contributed by atoms with Crippen LogP contribution < -0.4 is 4.74 Å². The molecule has 0 bridgehead atoms. The minimum atomic E-state index is -1.67. The summed E-state index contributed by atoms with van der Waals surface area (Å²) >= 11 is 0. The largest absolute Gasteiger partial charge is 0.479 e. The third kappa shape index (κ3) is 2.46. The van der Waals surface area contributed by atoms with Crippen LogP contribution in [0.3, 0.4) is 0 Å². The first-order chi connectivity index (χ1) is 9.04. The van der Waals surface area contributed by atoms with Crippen molar-refractivity contribution in [2.75, 3.05) is 0 Å². The predicted octanol–water partition coefficient (Wildman–Crippen LogP) is 4.31. The van der Waals surface area contributed by atoms with Crippen molar-refractivity contribution in [1.82, 2.24) is 0 Å². The van der Waals surface area contributed by atoms with Gasteiger partial charge in [-0.3, -0.25) is 0 Å². The highest BCUT2D eigenvalue weighted by Crippen LogP contribution is 2.47. The maximum absolute atomic E-state index is 6.32. The van der Waals surface area contributed by atoms with Crippen LogP contribution in [0.4, 0.5) is 0 Å². The Kier molecular flexibility index (Phi) is 2.99. The normalized spacial score (nSPS) is 22.1. The molecule has 2 aromatic rings. The first kappa shape index (κ1) is 12.5. The van der Waals surface area contributed by atoms with Crippen LogP contribution >= 0.6 is 0 Å². The van der Waals surface area contributed by atoms with Crippen LogP contribution in [0.2, 0.25) is 19.6 Å². The van der Waals surface area contributed by atoms with Crippen molar-refractivity contribution in [2.45, 2.75) is 31.8 Å². The molecule has 1 aliphatic rings. The average Bonchev–Trinajstić information content (AvgIpc) is 2.95. The highest BCUT2D eigenvalue weighted by atomic mass is 28.4. The quantitative estimate of drug-likeness (QED) is 0.782. The highest BCUT2D eigenvalue weighted by molar-refractivity contribution is 6.69. The molecule has 0 amide bonds. The van der Waals surface area contributed by atoms with Gasteiger partial charge >= 0.3 is 0 Å². The number of rotatable bonds is 3. The predicted molar refractivity (Wildman–Crippen MR) is 75.7 cm³/mol. The average molecular weight is 274 g/mol. The van der Waals surface area contributed by atoms with E-state index in [1.807, 2.05) is 30.3 Å². The van der Waals surface area contributed by atoms with E-state index in [0.717, 1.165) is 17.1 Å². The lowest BCUT2D eigenvalue weighted by atomic mass is 10.1. The van der Waals surface area contributed by atoms with E-state index in [0.29, 0.717) is 0 Å². The fourth-order valence-corrected chi connectivity index (χ4v) is 3.36. The lowest BCUT2D eigenvalue weighted by molar-refractivity contribution is 0.0656. The maximum atomic E-state index is 6.32. The molecule has 1 aliphatic heterocycles. The zero-order valence-corrected chi connectivity index (χ0v) is 12.4. The summed E-state index contributed by atoms with van der Waals surface area (Å²) in [7, 11) is -1.67. The number of hydrogen-bond acceptors (Lipinski definition) is 3. The second-order valence-electron chi connectivity index (χ2n) is 5.74. The molecule has 0 unspecified atom stereocenters. The van der Waals surface area contributed by atoms with Crippen molar-refractivity contribution in [3.05, 3.63) is 54.0 Å². The first-order valence-corrected chi connectivity index (χ1v) is 9.92. The molecule has 0 N–H and O–H groups in total. The van der Waals surface area contributed by atoms with Crippen molar-refractivity contribution in [2.24, 2.45) is 0 Å². The molecule has 0 fully saturated rings. The van der Waals surface area contributed by atoms with Gasteiger partial charge in [0.15, 0.2) is 14.4 Å². The van der Waals surface area contributed by atoms with Gasteiger partial charge in [-0.15, -0.1) is 0 Å². The van der Waals surface area contributed by atoms with Crippen LogP contribution in [0.15, 0.2) is 47.1 Å². The first-order valence-electron chi connectivity index (χ1n) is 6.51. The van der Waals surface area contributed by atoms with E-state index < -0.39 is 8.32 Å². The smallest absolute Gasteiger partial charge is 0.185 e. The van der Waals surface area contributed by atoms with Crippen LogP contribution in [-0.4, -0.2) is 8.32 Å². The fourth-order valence-electron chi connectivity index (χ4n) is 2.35. The molecule has 4 heteroatoms. The third-order valence-electron chi connectivity index (χ3n) is 3.06. The van der Waals surface area contributed by atoms with Crippen LogP contribution in [0.25, 0.3) is 0 Å². The van der Waals surface area contributed by atoms with Gasteiger partial charge in [-0.2, -0.15) is 0 Å². The van der Waals surface area contributed by atoms with Crippen molar-refractivity contribution in [1.29, 1.82) is 0 Å². The molecule has 100 valence electrons. The second-order valence-corrected chi connectivity index (χ2v) is 10.2. The topological polar surface area (TPSA) is 31.6 Å². The van der Waals surface area contributed by atoms with E-state index in [-0.39, 0.29) is 12.2 Å². The van der Waals surface area contributed by atoms with E-state index in [1.54, 1.807) is 6.26 Å². The summed E-state index contributed by atoms with van der Waals surface area (Å²) in [5, 5.41) is 0.